The highest BCUT2D eigenvalue weighted by atomic mass is 32.1. The molecule has 162 valence electrons. The maximum atomic E-state index is 12.8. The van der Waals surface area contributed by atoms with Crippen LogP contribution in [0.3, 0.4) is 0 Å². The Bertz CT molecular complexity index is 1210. The van der Waals surface area contributed by atoms with Crippen molar-refractivity contribution >= 4 is 34.9 Å². The molecule has 8 heteroatoms. The van der Waals surface area contributed by atoms with Gasteiger partial charge in [0.15, 0.2) is 4.77 Å². The molecule has 0 spiro atoms. The predicted molar refractivity (Wildman–Crippen MR) is 124 cm³/mol. The fraction of sp³-hybridized carbons (Fsp3) is 0.304. The molecular weight excluding hydrogens is 412 g/mol. The van der Waals surface area contributed by atoms with E-state index in [0.29, 0.717) is 34.3 Å². The summed E-state index contributed by atoms with van der Waals surface area (Å²) in [6.07, 6.45) is 0.167. The van der Waals surface area contributed by atoms with Crippen LogP contribution in [0.5, 0.6) is 0 Å². The van der Waals surface area contributed by atoms with Crippen LogP contribution in [0.2, 0.25) is 0 Å². The molecule has 3 rings (SSSR count). The molecule has 0 saturated heterocycles. The second-order valence-electron chi connectivity index (χ2n) is 7.49. The van der Waals surface area contributed by atoms with Crippen molar-refractivity contribution in [1.29, 1.82) is 0 Å². The van der Waals surface area contributed by atoms with E-state index in [1.807, 2.05) is 25.1 Å². The largest absolute Gasteiger partial charge is 0.345 e. The maximum absolute atomic E-state index is 12.8. The van der Waals surface area contributed by atoms with Gasteiger partial charge in [-0.25, -0.2) is 0 Å². The fourth-order valence-corrected chi connectivity index (χ4v) is 3.66. The number of amides is 2. The molecule has 0 aliphatic carbocycles. The Kier molecular flexibility index (Phi) is 7.02. The van der Waals surface area contributed by atoms with Gasteiger partial charge in [0.1, 0.15) is 0 Å². The lowest BCUT2D eigenvalue weighted by molar-refractivity contribution is -0.131. The lowest BCUT2D eigenvalue weighted by atomic mass is 10.1. The van der Waals surface area contributed by atoms with Crippen molar-refractivity contribution in [2.24, 2.45) is 0 Å². The maximum Gasteiger partial charge on any atom is 0.262 e. The van der Waals surface area contributed by atoms with E-state index in [2.05, 4.69) is 4.98 Å². The van der Waals surface area contributed by atoms with Gasteiger partial charge < -0.3 is 14.8 Å². The van der Waals surface area contributed by atoms with Gasteiger partial charge in [0.2, 0.25) is 5.91 Å². The van der Waals surface area contributed by atoms with E-state index in [0.717, 1.165) is 5.56 Å². The molecule has 0 atom stereocenters. The summed E-state index contributed by atoms with van der Waals surface area (Å²) in [5.41, 5.74) is 2.03. The third-order valence-corrected chi connectivity index (χ3v) is 5.48. The number of hydrogen-bond donors (Lipinski definition) is 1. The molecule has 0 radical (unpaired) electrons. The van der Waals surface area contributed by atoms with Crippen molar-refractivity contribution in [1.82, 2.24) is 19.4 Å². The van der Waals surface area contributed by atoms with Crippen molar-refractivity contribution < 1.29 is 9.59 Å². The molecule has 0 fully saturated rings. The summed E-state index contributed by atoms with van der Waals surface area (Å²) in [5, 5.41) is 0.545. The smallest absolute Gasteiger partial charge is 0.262 e. The van der Waals surface area contributed by atoms with E-state index >= 15 is 0 Å². The minimum absolute atomic E-state index is 0.0627. The van der Waals surface area contributed by atoms with Crippen LogP contribution in [-0.4, -0.2) is 51.8 Å². The molecule has 0 bridgehead atoms. The molecular formula is C23H26N4O3S. The van der Waals surface area contributed by atoms with E-state index in [1.54, 1.807) is 49.3 Å². The molecule has 31 heavy (non-hydrogen) atoms. The second-order valence-corrected chi connectivity index (χ2v) is 7.87. The van der Waals surface area contributed by atoms with E-state index in [4.69, 9.17) is 12.2 Å². The number of H-pyrrole nitrogens is 1. The Labute approximate surface area is 185 Å². The number of nitrogens with one attached hydrogen (secondary N) is 1. The van der Waals surface area contributed by atoms with Crippen LogP contribution in [0, 0.1) is 4.77 Å². The van der Waals surface area contributed by atoms with Gasteiger partial charge in [0, 0.05) is 45.7 Å². The molecule has 0 aliphatic rings. The summed E-state index contributed by atoms with van der Waals surface area (Å²) in [7, 11) is 3.42. The number of nitrogens with zero attached hydrogens (tertiary/aromatic N) is 3. The summed E-state index contributed by atoms with van der Waals surface area (Å²) in [6.45, 7) is 3.10. The summed E-state index contributed by atoms with van der Waals surface area (Å²) < 4.78 is 1.74. The molecule has 0 saturated carbocycles. The number of aromatic nitrogens is 2. The summed E-state index contributed by atoms with van der Waals surface area (Å²) >= 11 is 5.32. The lowest BCUT2D eigenvalue weighted by Crippen LogP contribution is -2.32. The van der Waals surface area contributed by atoms with Crippen LogP contribution >= 0.6 is 12.2 Å². The van der Waals surface area contributed by atoms with Gasteiger partial charge in [-0.2, -0.15) is 0 Å². The Balaban J connectivity index is 1.69. The number of carbonyl (C=O) groups excluding carboxylic acids is 2. The molecule has 0 aliphatic heterocycles. The average molecular weight is 439 g/mol. The highest BCUT2D eigenvalue weighted by Gasteiger charge is 2.15. The van der Waals surface area contributed by atoms with Crippen LogP contribution < -0.4 is 5.56 Å². The Morgan fingerprint density at radius 3 is 2.39 bits per heavy atom. The van der Waals surface area contributed by atoms with Crippen molar-refractivity contribution in [3.63, 3.8) is 0 Å². The number of benzene rings is 2. The topological polar surface area (TPSA) is 78.4 Å². The molecule has 1 N–H and O–H groups in total. The molecule has 7 nitrogen and oxygen atoms in total. The molecule has 3 aromatic rings. The molecule has 0 unspecified atom stereocenters. The van der Waals surface area contributed by atoms with Crippen molar-refractivity contribution in [3.8, 4) is 0 Å². The van der Waals surface area contributed by atoms with E-state index in [-0.39, 0.29) is 30.3 Å². The van der Waals surface area contributed by atoms with Gasteiger partial charge in [-0.3, -0.25) is 19.0 Å². The van der Waals surface area contributed by atoms with Crippen molar-refractivity contribution in [3.05, 3.63) is 74.8 Å². The Morgan fingerprint density at radius 2 is 1.74 bits per heavy atom. The van der Waals surface area contributed by atoms with Crippen LogP contribution in [-0.2, 0) is 17.9 Å². The van der Waals surface area contributed by atoms with Gasteiger partial charge in [-0.15, -0.1) is 0 Å². The lowest BCUT2D eigenvalue weighted by Gasteiger charge is -2.21. The third kappa shape index (κ3) is 5.08. The van der Waals surface area contributed by atoms with Crippen LogP contribution in [0.1, 0.15) is 29.3 Å². The highest BCUT2D eigenvalue weighted by Crippen LogP contribution is 2.11. The number of rotatable bonds is 7. The van der Waals surface area contributed by atoms with Gasteiger partial charge in [0.05, 0.1) is 10.9 Å². The average Bonchev–Trinajstić information content (AvgIpc) is 2.77. The standard InChI is InChI=1S/C23H26N4O3S/c1-4-26(15-16-9-11-17(12-10-16)21(29)25(2)3)20(28)13-14-27-22(30)18-7-5-6-8-19(18)24-23(27)31/h5-12H,4,13-15H2,1-3H3,(H,24,31). The van der Waals surface area contributed by atoms with Gasteiger partial charge in [-0.05, 0) is 49.0 Å². The zero-order valence-electron chi connectivity index (χ0n) is 17.9. The minimum atomic E-state index is -0.198. The Hall–Kier alpha value is -3.26. The minimum Gasteiger partial charge on any atom is -0.345 e. The molecule has 2 amide bonds. The Morgan fingerprint density at radius 1 is 1.06 bits per heavy atom. The first-order valence-electron chi connectivity index (χ1n) is 10.1. The fourth-order valence-electron chi connectivity index (χ4n) is 3.38. The molecule has 1 heterocycles. The molecule has 2 aromatic carbocycles. The number of hydrogen-bond acceptors (Lipinski definition) is 4. The van der Waals surface area contributed by atoms with E-state index in [9.17, 15) is 14.4 Å². The first-order chi connectivity index (χ1) is 14.8. The van der Waals surface area contributed by atoms with Crippen molar-refractivity contribution in [2.45, 2.75) is 26.4 Å². The van der Waals surface area contributed by atoms with Crippen LogP contribution in [0.15, 0.2) is 53.3 Å². The SMILES string of the molecule is CCN(Cc1ccc(C(=O)N(C)C)cc1)C(=O)CCn1c(=S)[nH]c2ccccc2c1=O. The monoisotopic (exact) mass is 438 g/mol. The summed E-state index contributed by atoms with van der Waals surface area (Å²) in [5.74, 6) is -0.127. The van der Waals surface area contributed by atoms with Crippen molar-refractivity contribution in [2.75, 3.05) is 20.6 Å². The third-order valence-electron chi connectivity index (χ3n) is 5.15. The summed E-state index contributed by atoms with van der Waals surface area (Å²) in [4.78, 5) is 43.9. The first-order valence-corrected chi connectivity index (χ1v) is 10.5. The first kappa shape index (κ1) is 22.4. The van der Waals surface area contributed by atoms with Gasteiger partial charge in [-0.1, -0.05) is 24.3 Å². The summed E-state index contributed by atoms with van der Waals surface area (Å²) in [6, 6.07) is 14.4. The zero-order valence-corrected chi connectivity index (χ0v) is 18.7. The van der Waals surface area contributed by atoms with E-state index in [1.165, 1.54) is 9.47 Å². The second kappa shape index (κ2) is 9.70. The molecule has 1 aromatic heterocycles. The van der Waals surface area contributed by atoms with Crippen LogP contribution in [0.25, 0.3) is 10.9 Å². The number of aromatic amines is 1. The number of fused-ring (bicyclic) bond motifs is 1. The van der Waals surface area contributed by atoms with Gasteiger partial charge >= 0.3 is 0 Å². The normalized spacial score (nSPS) is 10.8. The van der Waals surface area contributed by atoms with E-state index < -0.39 is 0 Å². The number of para-hydroxylation sites is 1. The van der Waals surface area contributed by atoms with Gasteiger partial charge in [0.25, 0.3) is 11.5 Å². The predicted octanol–water partition coefficient (Wildman–Crippen LogP) is 3.20. The zero-order chi connectivity index (χ0) is 22.5. The highest BCUT2D eigenvalue weighted by molar-refractivity contribution is 7.71. The number of carbonyl (C=O) groups is 2. The quantitative estimate of drug-likeness (QED) is 0.575. The van der Waals surface area contributed by atoms with Crippen LogP contribution in [0.4, 0.5) is 0 Å².